The Morgan fingerprint density at radius 2 is 1.11 bits per heavy atom. The Morgan fingerprint density at radius 1 is 0.632 bits per heavy atom. The van der Waals surface area contributed by atoms with Crippen LogP contribution in [-0.2, 0) is 4.79 Å². The second-order valence-electron chi connectivity index (χ2n) is 10.5. The summed E-state index contributed by atoms with van der Waals surface area (Å²) in [6, 6.07) is -0.666. The van der Waals surface area contributed by atoms with Crippen molar-refractivity contribution < 1.29 is 15.0 Å². The van der Waals surface area contributed by atoms with Gasteiger partial charge in [0.2, 0.25) is 5.91 Å². The maximum absolute atomic E-state index is 12.2. The number of amides is 1. The molecule has 4 heteroatoms. The number of carbonyl (C=O) groups excluding carboxylic acids is 1. The van der Waals surface area contributed by atoms with Gasteiger partial charge in [0.25, 0.3) is 0 Å². The Hall–Kier alpha value is -1.65. The molecule has 0 rings (SSSR count). The molecule has 220 valence electrons. The molecular weight excluding hydrogens is 470 g/mol. The molecule has 3 N–H and O–H groups in total. The van der Waals surface area contributed by atoms with Crippen LogP contribution in [-0.4, -0.2) is 34.9 Å². The van der Waals surface area contributed by atoms with E-state index in [1.54, 1.807) is 6.08 Å². The molecule has 4 nitrogen and oxygen atoms in total. The topological polar surface area (TPSA) is 69.6 Å². The molecule has 0 radical (unpaired) electrons. The van der Waals surface area contributed by atoms with E-state index in [2.05, 4.69) is 49.5 Å². The van der Waals surface area contributed by atoms with Crippen molar-refractivity contribution in [2.24, 2.45) is 0 Å². The normalized spacial score (nSPS) is 13.9. The highest BCUT2D eigenvalue weighted by molar-refractivity contribution is 5.76. The van der Waals surface area contributed by atoms with E-state index in [0.717, 1.165) is 32.1 Å². The van der Waals surface area contributed by atoms with Crippen molar-refractivity contribution in [2.75, 3.05) is 6.61 Å². The zero-order valence-electron chi connectivity index (χ0n) is 24.9. The number of unbranched alkanes of at least 4 members (excludes halogenated alkanes) is 14. The van der Waals surface area contributed by atoms with Gasteiger partial charge in [-0.25, -0.2) is 0 Å². The zero-order chi connectivity index (χ0) is 27.9. The average Bonchev–Trinajstić information content (AvgIpc) is 2.92. The number of rotatable bonds is 27. The summed E-state index contributed by atoms with van der Waals surface area (Å²) in [5.41, 5.74) is 0. The highest BCUT2D eigenvalue weighted by atomic mass is 16.3. The Bertz CT molecular complexity index is 623. The smallest absolute Gasteiger partial charge is 0.220 e. The van der Waals surface area contributed by atoms with E-state index in [1.807, 2.05) is 12.2 Å². The van der Waals surface area contributed by atoms with Crippen molar-refractivity contribution >= 4 is 5.91 Å². The SMILES string of the molecule is CCCCCCCC/C=C\C/C=C\CCC(=O)NC(CO)C(O)/C=C/CC/C=C/CCCCCCCCC. The first-order valence-electron chi connectivity index (χ1n) is 15.9. The summed E-state index contributed by atoms with van der Waals surface area (Å²) >= 11 is 0. The van der Waals surface area contributed by atoms with Gasteiger partial charge in [0.05, 0.1) is 18.8 Å². The van der Waals surface area contributed by atoms with Gasteiger partial charge >= 0.3 is 0 Å². The first-order chi connectivity index (χ1) is 18.7. The molecule has 38 heavy (non-hydrogen) atoms. The summed E-state index contributed by atoms with van der Waals surface area (Å²) < 4.78 is 0. The van der Waals surface area contributed by atoms with Gasteiger partial charge in [0.1, 0.15) is 0 Å². The van der Waals surface area contributed by atoms with Gasteiger partial charge in [-0.1, -0.05) is 133 Å². The second kappa shape index (κ2) is 29.9. The van der Waals surface area contributed by atoms with Crippen LogP contribution in [0.1, 0.15) is 142 Å². The van der Waals surface area contributed by atoms with E-state index in [1.165, 1.54) is 83.5 Å². The molecule has 0 aromatic rings. The van der Waals surface area contributed by atoms with Crippen molar-refractivity contribution in [3.8, 4) is 0 Å². The molecule has 0 saturated heterocycles. The van der Waals surface area contributed by atoms with E-state index < -0.39 is 12.1 Å². The van der Waals surface area contributed by atoms with E-state index >= 15 is 0 Å². The number of aliphatic hydroxyl groups is 2. The molecule has 0 spiro atoms. The number of hydrogen-bond donors (Lipinski definition) is 3. The minimum absolute atomic E-state index is 0.145. The van der Waals surface area contributed by atoms with E-state index in [-0.39, 0.29) is 12.5 Å². The molecule has 0 aliphatic heterocycles. The van der Waals surface area contributed by atoms with Gasteiger partial charge in [-0.2, -0.15) is 0 Å². The van der Waals surface area contributed by atoms with Gasteiger partial charge in [0, 0.05) is 6.42 Å². The lowest BCUT2D eigenvalue weighted by Crippen LogP contribution is -2.45. The Kier molecular flexibility index (Phi) is 28.6. The van der Waals surface area contributed by atoms with Crippen molar-refractivity contribution in [1.29, 1.82) is 0 Å². The lowest BCUT2D eigenvalue weighted by atomic mass is 10.1. The summed E-state index contributed by atoms with van der Waals surface area (Å²) in [6.07, 6.45) is 39.1. The van der Waals surface area contributed by atoms with Crippen molar-refractivity contribution in [3.05, 3.63) is 48.6 Å². The Balaban J connectivity index is 3.84. The summed E-state index contributed by atoms with van der Waals surface area (Å²) in [5, 5.41) is 22.7. The van der Waals surface area contributed by atoms with Crippen LogP contribution in [0.2, 0.25) is 0 Å². The lowest BCUT2D eigenvalue weighted by molar-refractivity contribution is -0.122. The maximum atomic E-state index is 12.2. The predicted molar refractivity (Wildman–Crippen MR) is 165 cm³/mol. The fraction of sp³-hybridized carbons (Fsp3) is 0.735. The Morgan fingerprint density at radius 3 is 1.68 bits per heavy atom. The van der Waals surface area contributed by atoms with Gasteiger partial charge in [-0.15, -0.1) is 0 Å². The number of nitrogens with one attached hydrogen (secondary N) is 1. The molecule has 0 aliphatic carbocycles. The van der Waals surface area contributed by atoms with Crippen LogP contribution in [0.4, 0.5) is 0 Å². The highest BCUT2D eigenvalue weighted by Gasteiger charge is 2.17. The van der Waals surface area contributed by atoms with Crippen LogP contribution in [0, 0.1) is 0 Å². The number of allylic oxidation sites excluding steroid dienone is 7. The molecule has 0 bridgehead atoms. The van der Waals surface area contributed by atoms with Crippen LogP contribution in [0.25, 0.3) is 0 Å². The molecule has 0 aromatic heterocycles. The van der Waals surface area contributed by atoms with Crippen molar-refractivity contribution in [1.82, 2.24) is 5.32 Å². The minimum Gasteiger partial charge on any atom is -0.394 e. The summed E-state index contributed by atoms with van der Waals surface area (Å²) in [6.45, 7) is 4.22. The molecule has 0 aromatic carbocycles. The molecule has 2 unspecified atom stereocenters. The van der Waals surface area contributed by atoms with E-state index in [9.17, 15) is 15.0 Å². The van der Waals surface area contributed by atoms with Gasteiger partial charge in [-0.05, 0) is 51.4 Å². The van der Waals surface area contributed by atoms with Crippen LogP contribution in [0.3, 0.4) is 0 Å². The number of hydrogen-bond acceptors (Lipinski definition) is 3. The van der Waals surface area contributed by atoms with E-state index in [0.29, 0.717) is 12.8 Å². The summed E-state index contributed by atoms with van der Waals surface area (Å²) in [7, 11) is 0. The molecule has 0 heterocycles. The molecular formula is C34H61NO3. The predicted octanol–water partition coefficient (Wildman–Crippen LogP) is 8.89. The second-order valence-corrected chi connectivity index (χ2v) is 10.5. The van der Waals surface area contributed by atoms with Gasteiger partial charge < -0.3 is 15.5 Å². The maximum Gasteiger partial charge on any atom is 0.220 e. The third-order valence-electron chi connectivity index (χ3n) is 6.80. The first kappa shape index (κ1) is 36.4. The quantitative estimate of drug-likeness (QED) is 0.0732. The van der Waals surface area contributed by atoms with Gasteiger partial charge in [-0.3, -0.25) is 4.79 Å². The standard InChI is InChI=1S/C34H61NO3/c1-3-5-7-9-11-13-15-17-19-21-23-25-27-29-33(37)32(31-36)35-34(38)30-28-26-24-22-20-18-16-14-12-10-8-6-4-2/h18-21,24,26-27,29,32-33,36-37H,3-17,22-23,25,28,30-31H2,1-2H3,(H,35,38)/b20-18-,21-19+,26-24-,29-27+. The monoisotopic (exact) mass is 531 g/mol. The zero-order valence-corrected chi connectivity index (χ0v) is 24.9. The third-order valence-corrected chi connectivity index (χ3v) is 6.80. The first-order valence-corrected chi connectivity index (χ1v) is 15.9. The molecule has 2 atom stereocenters. The Labute approximate surface area is 235 Å². The molecule has 0 aliphatic rings. The summed E-state index contributed by atoms with van der Waals surface area (Å²) in [5.74, 6) is -0.145. The van der Waals surface area contributed by atoms with Gasteiger partial charge in [0.15, 0.2) is 0 Å². The number of aliphatic hydroxyl groups excluding tert-OH is 2. The third kappa shape index (κ3) is 26.0. The van der Waals surface area contributed by atoms with Crippen LogP contribution >= 0.6 is 0 Å². The average molecular weight is 532 g/mol. The van der Waals surface area contributed by atoms with Crippen molar-refractivity contribution in [2.45, 2.75) is 154 Å². The fourth-order valence-corrected chi connectivity index (χ4v) is 4.30. The van der Waals surface area contributed by atoms with Crippen LogP contribution in [0.15, 0.2) is 48.6 Å². The summed E-state index contributed by atoms with van der Waals surface area (Å²) in [4.78, 5) is 12.2. The lowest BCUT2D eigenvalue weighted by Gasteiger charge is -2.19. The largest absolute Gasteiger partial charge is 0.394 e. The highest BCUT2D eigenvalue weighted by Crippen LogP contribution is 2.09. The number of carbonyl (C=O) groups is 1. The van der Waals surface area contributed by atoms with Crippen LogP contribution in [0.5, 0.6) is 0 Å². The minimum atomic E-state index is -0.882. The van der Waals surface area contributed by atoms with Crippen LogP contribution < -0.4 is 5.32 Å². The molecule has 0 fully saturated rings. The van der Waals surface area contributed by atoms with Crippen molar-refractivity contribution in [3.63, 3.8) is 0 Å². The van der Waals surface area contributed by atoms with E-state index in [4.69, 9.17) is 0 Å². The molecule has 1 amide bonds. The fourth-order valence-electron chi connectivity index (χ4n) is 4.30. The molecule has 0 saturated carbocycles.